The highest BCUT2D eigenvalue weighted by atomic mass is 32.2. The van der Waals surface area contributed by atoms with Crippen LogP contribution in [0.5, 0.6) is 0 Å². The molecule has 2 N–H and O–H groups in total. The van der Waals surface area contributed by atoms with Gasteiger partial charge in [-0.15, -0.1) is 0 Å². The Bertz CT molecular complexity index is 978. The van der Waals surface area contributed by atoms with Crippen LogP contribution in [0.3, 0.4) is 0 Å². The Morgan fingerprint density at radius 3 is 2.45 bits per heavy atom. The molecule has 8 nitrogen and oxygen atoms in total. The molecule has 3 rings (SSSR count). The number of H-pyrrole nitrogens is 1. The van der Waals surface area contributed by atoms with Crippen molar-refractivity contribution in [2.24, 2.45) is 0 Å². The molecule has 2 amide bonds. The van der Waals surface area contributed by atoms with Gasteiger partial charge in [-0.05, 0) is 23.8 Å². The van der Waals surface area contributed by atoms with Crippen LogP contribution in [0.25, 0.3) is 0 Å². The number of benzene rings is 1. The van der Waals surface area contributed by atoms with Gasteiger partial charge in [-0.3, -0.25) is 9.59 Å². The summed E-state index contributed by atoms with van der Waals surface area (Å²) in [5.41, 5.74) is 1.59. The van der Waals surface area contributed by atoms with Crippen LogP contribution in [0.2, 0.25) is 0 Å². The van der Waals surface area contributed by atoms with Gasteiger partial charge in [0.1, 0.15) is 10.6 Å². The first kappa shape index (κ1) is 21.4. The summed E-state index contributed by atoms with van der Waals surface area (Å²) in [6, 6.07) is 8.33. The van der Waals surface area contributed by atoms with Crippen molar-refractivity contribution in [1.29, 1.82) is 0 Å². The number of hydrogen-bond donors (Lipinski definition) is 2. The van der Waals surface area contributed by atoms with E-state index in [1.165, 1.54) is 21.5 Å². The summed E-state index contributed by atoms with van der Waals surface area (Å²) in [5, 5.41) is 2.75. The van der Waals surface area contributed by atoms with E-state index in [1.54, 1.807) is 50.1 Å². The third-order valence-corrected chi connectivity index (χ3v) is 7.39. The number of sulfonamides is 1. The van der Waals surface area contributed by atoms with E-state index in [4.69, 9.17) is 0 Å². The van der Waals surface area contributed by atoms with E-state index in [2.05, 4.69) is 10.3 Å². The summed E-state index contributed by atoms with van der Waals surface area (Å²) in [6.07, 6.45) is 1.35. The molecule has 1 saturated heterocycles. The molecular weight excluding hydrogens is 412 g/mol. The number of thioether (sulfide) groups is 1. The minimum absolute atomic E-state index is 0.0898. The molecule has 0 radical (unpaired) electrons. The molecule has 10 heteroatoms. The molecule has 1 aromatic heterocycles. The largest absolute Gasteiger partial charge is 0.356 e. The number of aromatic amines is 1. The molecule has 1 aromatic carbocycles. The Morgan fingerprint density at radius 2 is 1.83 bits per heavy atom. The third kappa shape index (κ3) is 5.01. The maximum Gasteiger partial charge on any atom is 0.268 e. The number of rotatable bonds is 6. The Balaban J connectivity index is 1.61. The number of nitrogens with zero attached hydrogens (tertiary/aromatic N) is 2. The maximum absolute atomic E-state index is 12.7. The highest BCUT2D eigenvalue weighted by Gasteiger charge is 2.27. The second-order valence-electron chi connectivity index (χ2n) is 6.84. The molecule has 0 saturated carbocycles. The minimum atomic E-state index is -3.59. The van der Waals surface area contributed by atoms with E-state index in [1.807, 2.05) is 0 Å². The van der Waals surface area contributed by atoms with Gasteiger partial charge in [0.15, 0.2) is 0 Å². The van der Waals surface area contributed by atoms with Gasteiger partial charge in [0.2, 0.25) is 10.0 Å². The second-order valence-corrected chi connectivity index (χ2v) is 10.0. The van der Waals surface area contributed by atoms with E-state index in [9.17, 15) is 18.0 Å². The maximum atomic E-state index is 12.7. The first-order valence-corrected chi connectivity index (χ1v) is 11.7. The summed E-state index contributed by atoms with van der Waals surface area (Å²) in [5.74, 6) is 1.06. The average molecular weight is 437 g/mol. The van der Waals surface area contributed by atoms with Crippen molar-refractivity contribution in [2.75, 3.05) is 38.7 Å². The molecular formula is C19H24N4O4S2. The lowest BCUT2D eigenvalue weighted by Gasteiger charge is -2.24. The molecule has 2 aromatic rings. The SMILES string of the molecule is CN(C)C(=O)c1ccc(CNC(=O)c2cc(S(=O)(=O)N3CCSCC3)c[nH]2)cc1. The Kier molecular flexibility index (Phi) is 6.66. The molecule has 0 aliphatic carbocycles. The van der Waals surface area contributed by atoms with Gasteiger partial charge in [-0.25, -0.2) is 8.42 Å². The lowest BCUT2D eigenvalue weighted by Crippen LogP contribution is -2.37. The first-order valence-electron chi connectivity index (χ1n) is 9.14. The fraction of sp³-hybridized carbons (Fsp3) is 0.368. The highest BCUT2D eigenvalue weighted by Crippen LogP contribution is 2.20. The van der Waals surface area contributed by atoms with E-state index >= 15 is 0 Å². The number of carbonyl (C=O) groups is 2. The molecule has 29 heavy (non-hydrogen) atoms. The molecule has 1 aliphatic heterocycles. The summed E-state index contributed by atoms with van der Waals surface area (Å²) >= 11 is 1.73. The molecule has 0 bridgehead atoms. The summed E-state index contributed by atoms with van der Waals surface area (Å²) < 4.78 is 26.8. The van der Waals surface area contributed by atoms with Gasteiger partial charge in [0.25, 0.3) is 11.8 Å². The lowest BCUT2D eigenvalue weighted by atomic mass is 10.1. The van der Waals surface area contributed by atoms with Crippen molar-refractivity contribution >= 4 is 33.6 Å². The van der Waals surface area contributed by atoms with Crippen molar-refractivity contribution < 1.29 is 18.0 Å². The quantitative estimate of drug-likeness (QED) is 0.712. The zero-order chi connectivity index (χ0) is 21.0. The van der Waals surface area contributed by atoms with E-state index in [0.717, 1.165) is 17.1 Å². The Hall–Kier alpha value is -2.30. The highest BCUT2D eigenvalue weighted by molar-refractivity contribution is 7.99. The van der Waals surface area contributed by atoms with Gasteiger partial charge in [-0.1, -0.05) is 12.1 Å². The summed E-state index contributed by atoms with van der Waals surface area (Å²) in [6.45, 7) is 1.22. The van der Waals surface area contributed by atoms with Crippen LogP contribution in [-0.2, 0) is 16.6 Å². The molecule has 1 aliphatic rings. The average Bonchev–Trinajstić information content (AvgIpc) is 3.24. The van der Waals surface area contributed by atoms with Crippen LogP contribution >= 0.6 is 11.8 Å². The van der Waals surface area contributed by atoms with Crippen molar-refractivity contribution in [3.63, 3.8) is 0 Å². The topological polar surface area (TPSA) is 103 Å². The lowest BCUT2D eigenvalue weighted by molar-refractivity contribution is 0.0827. The predicted octanol–water partition coefficient (Wildman–Crippen LogP) is 1.38. The van der Waals surface area contributed by atoms with E-state index in [0.29, 0.717) is 18.7 Å². The van der Waals surface area contributed by atoms with E-state index < -0.39 is 15.9 Å². The smallest absolute Gasteiger partial charge is 0.268 e. The number of aromatic nitrogens is 1. The number of nitrogens with one attached hydrogen (secondary N) is 2. The predicted molar refractivity (Wildman–Crippen MR) is 113 cm³/mol. The zero-order valence-corrected chi connectivity index (χ0v) is 18.0. The second kappa shape index (κ2) is 9.02. The Labute approximate surface area is 174 Å². The monoisotopic (exact) mass is 436 g/mol. The van der Waals surface area contributed by atoms with Gasteiger partial charge in [-0.2, -0.15) is 16.1 Å². The van der Waals surface area contributed by atoms with Crippen molar-refractivity contribution in [1.82, 2.24) is 19.5 Å². The number of amides is 2. The summed E-state index contributed by atoms with van der Waals surface area (Å²) in [7, 11) is -0.217. The molecule has 0 spiro atoms. The van der Waals surface area contributed by atoms with Crippen LogP contribution in [-0.4, -0.2) is 73.1 Å². The van der Waals surface area contributed by atoms with Gasteiger partial charge >= 0.3 is 0 Å². The molecule has 0 atom stereocenters. The fourth-order valence-corrected chi connectivity index (χ4v) is 5.46. The standard InChI is InChI=1S/C19H24N4O4S2/c1-22(2)19(25)15-5-3-14(4-6-15)12-21-18(24)17-11-16(13-20-17)29(26,27)23-7-9-28-10-8-23/h3-6,11,13,20H,7-10,12H2,1-2H3,(H,21,24). The number of carbonyl (C=O) groups excluding carboxylic acids is 2. The fourth-order valence-electron chi connectivity index (χ4n) is 2.89. The normalized spacial score (nSPS) is 15.1. The summed E-state index contributed by atoms with van der Waals surface area (Å²) in [4.78, 5) is 28.6. The van der Waals surface area contributed by atoms with Gasteiger partial charge in [0.05, 0.1) is 0 Å². The number of hydrogen-bond acceptors (Lipinski definition) is 5. The van der Waals surface area contributed by atoms with Crippen LogP contribution in [0.4, 0.5) is 0 Å². The van der Waals surface area contributed by atoms with E-state index in [-0.39, 0.29) is 23.0 Å². The molecule has 156 valence electrons. The van der Waals surface area contributed by atoms with Gasteiger partial charge < -0.3 is 15.2 Å². The van der Waals surface area contributed by atoms with Crippen LogP contribution in [0, 0.1) is 0 Å². The molecule has 0 unspecified atom stereocenters. The van der Waals surface area contributed by atoms with Gasteiger partial charge in [0, 0.05) is 57.0 Å². The third-order valence-electron chi connectivity index (χ3n) is 4.57. The zero-order valence-electron chi connectivity index (χ0n) is 16.3. The van der Waals surface area contributed by atoms with Crippen molar-refractivity contribution in [3.05, 3.63) is 53.3 Å². The molecule has 1 fully saturated rings. The van der Waals surface area contributed by atoms with Crippen molar-refractivity contribution in [3.8, 4) is 0 Å². The Morgan fingerprint density at radius 1 is 1.17 bits per heavy atom. The first-order chi connectivity index (χ1) is 13.8. The van der Waals surface area contributed by atoms with Crippen LogP contribution < -0.4 is 5.32 Å². The van der Waals surface area contributed by atoms with Crippen molar-refractivity contribution in [2.45, 2.75) is 11.4 Å². The van der Waals surface area contributed by atoms with Crippen LogP contribution in [0.15, 0.2) is 41.4 Å². The minimum Gasteiger partial charge on any atom is -0.356 e. The van der Waals surface area contributed by atoms with Crippen LogP contribution in [0.1, 0.15) is 26.4 Å². The molecule has 2 heterocycles.